The molecule has 1 aliphatic carbocycles. The Morgan fingerprint density at radius 2 is 1.87 bits per heavy atom. The molecule has 1 aliphatic rings. The number of amides is 1. The van der Waals surface area contributed by atoms with Gasteiger partial charge in [0.25, 0.3) is 5.91 Å². The lowest BCUT2D eigenvalue weighted by Gasteiger charge is -2.27. The van der Waals surface area contributed by atoms with E-state index in [2.05, 4.69) is 15.5 Å². The number of Topliss-reactive ketones (excluding diaryl/α,β-unsaturated/α-hetero) is 1. The molecule has 0 saturated carbocycles. The summed E-state index contributed by atoms with van der Waals surface area (Å²) in [5, 5.41) is 7.02. The molecule has 0 spiro atoms. The van der Waals surface area contributed by atoms with Crippen LogP contribution in [0.5, 0.6) is 0 Å². The maximum Gasteiger partial charge on any atom is 0.287 e. The molecule has 2 heterocycles. The smallest absolute Gasteiger partial charge is 0.287 e. The van der Waals surface area contributed by atoms with Crippen molar-refractivity contribution in [1.29, 1.82) is 0 Å². The van der Waals surface area contributed by atoms with E-state index in [1.54, 1.807) is 6.92 Å². The Kier molecular flexibility index (Phi) is 5.29. The zero-order valence-electron chi connectivity index (χ0n) is 18.5. The van der Waals surface area contributed by atoms with Crippen molar-refractivity contribution in [3.8, 4) is 11.4 Å². The van der Waals surface area contributed by atoms with Crippen LogP contribution in [0.1, 0.15) is 78.3 Å². The van der Waals surface area contributed by atoms with Gasteiger partial charge in [0.05, 0.1) is 5.56 Å². The van der Waals surface area contributed by atoms with Crippen molar-refractivity contribution in [1.82, 2.24) is 15.5 Å². The second-order valence-corrected chi connectivity index (χ2v) is 9.31. The van der Waals surface area contributed by atoms with Crippen LogP contribution in [0.4, 0.5) is 0 Å². The molecule has 1 aromatic carbocycles. The number of ketones is 1. The van der Waals surface area contributed by atoms with Crippen LogP contribution < -0.4 is 5.32 Å². The van der Waals surface area contributed by atoms with Crippen molar-refractivity contribution >= 4 is 11.7 Å². The molecule has 7 heteroatoms. The fraction of sp³-hybridized carbons (Fsp3) is 0.417. The molecule has 0 radical (unpaired) electrons. The lowest BCUT2D eigenvalue weighted by Crippen LogP contribution is -2.32. The summed E-state index contributed by atoms with van der Waals surface area (Å²) in [6.45, 7) is 9.74. The van der Waals surface area contributed by atoms with Crippen LogP contribution in [0.15, 0.2) is 39.3 Å². The number of benzene rings is 1. The maximum absolute atomic E-state index is 13.1. The third-order valence-corrected chi connectivity index (χ3v) is 5.68. The van der Waals surface area contributed by atoms with Gasteiger partial charge in [-0.15, -0.1) is 0 Å². The normalized spacial score (nSPS) is 16.3. The van der Waals surface area contributed by atoms with Crippen molar-refractivity contribution in [2.75, 3.05) is 0 Å². The highest BCUT2D eigenvalue weighted by molar-refractivity contribution is 6.03. The van der Waals surface area contributed by atoms with Crippen molar-refractivity contribution < 1.29 is 18.5 Å². The number of hydrogen-bond donors (Lipinski definition) is 1. The van der Waals surface area contributed by atoms with Gasteiger partial charge in [0.15, 0.2) is 11.5 Å². The van der Waals surface area contributed by atoms with Gasteiger partial charge in [-0.25, -0.2) is 0 Å². The topological polar surface area (TPSA) is 98.2 Å². The van der Waals surface area contributed by atoms with Crippen molar-refractivity contribution in [2.24, 2.45) is 11.3 Å². The van der Waals surface area contributed by atoms with Crippen LogP contribution in [-0.2, 0) is 6.42 Å². The summed E-state index contributed by atoms with van der Waals surface area (Å²) in [4.78, 5) is 30.2. The Morgan fingerprint density at radius 3 is 2.55 bits per heavy atom. The van der Waals surface area contributed by atoms with Gasteiger partial charge in [-0.3, -0.25) is 9.59 Å². The third-order valence-electron chi connectivity index (χ3n) is 5.68. The molecule has 0 bridgehead atoms. The van der Waals surface area contributed by atoms with E-state index in [0.29, 0.717) is 41.4 Å². The van der Waals surface area contributed by atoms with E-state index in [1.807, 2.05) is 58.0 Å². The Bertz CT molecular complexity index is 1130. The standard InChI is InChI=1S/C24H27N3O4/c1-13(2)19(23-26-21(27-31-23)15-9-7-6-8-10-15)25-22(29)20-14(3)18-16(28)11-24(4,5)12-17(18)30-20/h6-10,13,19H,11-12H2,1-5H3,(H,25,29)/t19-/m1/s1. The number of nitrogens with one attached hydrogen (secondary N) is 1. The van der Waals surface area contributed by atoms with Crippen molar-refractivity contribution in [3.63, 3.8) is 0 Å². The molecule has 162 valence electrons. The fourth-order valence-electron chi connectivity index (χ4n) is 4.09. The molecule has 1 amide bonds. The van der Waals surface area contributed by atoms with E-state index in [1.165, 1.54) is 0 Å². The lowest BCUT2D eigenvalue weighted by atomic mass is 9.76. The zero-order valence-corrected chi connectivity index (χ0v) is 18.5. The Labute approximate surface area is 181 Å². The first kappa shape index (κ1) is 21.0. The first-order chi connectivity index (χ1) is 14.7. The molecule has 1 atom stereocenters. The number of fused-ring (bicyclic) bond motifs is 1. The molecular weight excluding hydrogens is 394 g/mol. The number of furan rings is 1. The van der Waals surface area contributed by atoms with Crippen molar-refractivity contribution in [2.45, 2.75) is 53.5 Å². The van der Waals surface area contributed by atoms with E-state index < -0.39 is 11.9 Å². The summed E-state index contributed by atoms with van der Waals surface area (Å²) >= 11 is 0. The summed E-state index contributed by atoms with van der Waals surface area (Å²) in [5.74, 6) is 1.19. The number of rotatable bonds is 5. The molecule has 4 rings (SSSR count). The molecule has 3 aromatic rings. The zero-order chi connectivity index (χ0) is 22.3. The van der Waals surface area contributed by atoms with E-state index in [0.717, 1.165) is 5.56 Å². The Morgan fingerprint density at radius 1 is 1.16 bits per heavy atom. The second kappa shape index (κ2) is 7.80. The van der Waals surface area contributed by atoms with Crippen LogP contribution in [0.3, 0.4) is 0 Å². The predicted octanol–water partition coefficient (Wildman–Crippen LogP) is 4.92. The number of aromatic nitrogens is 2. The summed E-state index contributed by atoms with van der Waals surface area (Å²) in [5.41, 5.74) is 1.79. The van der Waals surface area contributed by atoms with Gasteiger partial charge in [0.1, 0.15) is 11.8 Å². The second-order valence-electron chi connectivity index (χ2n) is 9.31. The van der Waals surface area contributed by atoms with Gasteiger partial charge < -0.3 is 14.3 Å². The van der Waals surface area contributed by atoms with Crippen molar-refractivity contribution in [3.05, 3.63) is 58.9 Å². The number of carbonyl (C=O) groups excluding carboxylic acids is 2. The van der Waals surface area contributed by atoms with E-state index in [9.17, 15) is 9.59 Å². The molecule has 0 fully saturated rings. The van der Waals surface area contributed by atoms with Gasteiger partial charge in [-0.1, -0.05) is 63.2 Å². The highest BCUT2D eigenvalue weighted by Crippen LogP contribution is 2.38. The quantitative estimate of drug-likeness (QED) is 0.628. The summed E-state index contributed by atoms with van der Waals surface area (Å²) < 4.78 is 11.4. The van der Waals surface area contributed by atoms with Crippen LogP contribution in [0.25, 0.3) is 11.4 Å². The average molecular weight is 421 g/mol. The Hall–Kier alpha value is -3.22. The number of nitrogens with zero attached hydrogens (tertiary/aromatic N) is 2. The van der Waals surface area contributed by atoms with Crippen LogP contribution in [-0.4, -0.2) is 21.8 Å². The molecule has 31 heavy (non-hydrogen) atoms. The monoisotopic (exact) mass is 421 g/mol. The van der Waals surface area contributed by atoms with E-state index in [4.69, 9.17) is 8.94 Å². The van der Waals surface area contributed by atoms with Gasteiger partial charge in [0, 0.05) is 24.0 Å². The van der Waals surface area contributed by atoms with E-state index >= 15 is 0 Å². The minimum Gasteiger partial charge on any atom is -0.455 e. The average Bonchev–Trinajstić information content (AvgIpc) is 3.30. The summed E-state index contributed by atoms with van der Waals surface area (Å²) in [7, 11) is 0. The third kappa shape index (κ3) is 4.04. The van der Waals surface area contributed by atoms with Crippen LogP contribution >= 0.6 is 0 Å². The number of hydrogen-bond acceptors (Lipinski definition) is 6. The first-order valence-electron chi connectivity index (χ1n) is 10.5. The molecular formula is C24H27N3O4. The molecule has 7 nitrogen and oxygen atoms in total. The van der Waals surface area contributed by atoms with Gasteiger partial charge in [-0.05, 0) is 18.3 Å². The Balaban J connectivity index is 1.60. The largest absolute Gasteiger partial charge is 0.455 e. The fourth-order valence-corrected chi connectivity index (χ4v) is 4.09. The van der Waals surface area contributed by atoms with Crippen LogP contribution in [0.2, 0.25) is 0 Å². The molecule has 1 N–H and O–H groups in total. The molecule has 0 saturated heterocycles. The minimum absolute atomic E-state index is 0.00141. The highest BCUT2D eigenvalue weighted by Gasteiger charge is 2.37. The highest BCUT2D eigenvalue weighted by atomic mass is 16.5. The first-order valence-corrected chi connectivity index (χ1v) is 10.5. The molecule has 2 aromatic heterocycles. The molecule has 0 aliphatic heterocycles. The van der Waals surface area contributed by atoms with E-state index in [-0.39, 0.29) is 22.9 Å². The lowest BCUT2D eigenvalue weighted by molar-refractivity contribution is 0.0868. The molecule has 0 unspecified atom stereocenters. The van der Waals surface area contributed by atoms with Gasteiger partial charge in [-0.2, -0.15) is 4.98 Å². The van der Waals surface area contributed by atoms with Gasteiger partial charge >= 0.3 is 0 Å². The van der Waals surface area contributed by atoms with Crippen LogP contribution in [0, 0.1) is 18.3 Å². The minimum atomic E-state index is -0.494. The van der Waals surface area contributed by atoms with Gasteiger partial charge in [0.2, 0.25) is 11.7 Å². The maximum atomic E-state index is 13.1. The predicted molar refractivity (Wildman–Crippen MR) is 115 cm³/mol. The SMILES string of the molecule is Cc1c(C(=O)N[C@@H](c2nc(-c3ccccc3)no2)C(C)C)oc2c1C(=O)CC(C)(C)C2. The summed E-state index contributed by atoms with van der Waals surface area (Å²) in [6, 6.07) is 9.01. The number of carbonyl (C=O) groups is 2. The summed E-state index contributed by atoms with van der Waals surface area (Å²) in [6.07, 6.45) is 1.07.